The predicted octanol–water partition coefficient (Wildman–Crippen LogP) is 2.98. The van der Waals surface area contributed by atoms with E-state index in [2.05, 4.69) is 27.5 Å². The Balaban J connectivity index is 2.96. The number of aromatic nitrogens is 2. The molecule has 13 heavy (non-hydrogen) atoms. The lowest BCUT2D eigenvalue weighted by Gasteiger charge is -1.95. The number of hydrogen-bond donors (Lipinski definition) is 0. The van der Waals surface area contributed by atoms with Gasteiger partial charge in [-0.3, -0.25) is 0 Å². The van der Waals surface area contributed by atoms with E-state index >= 15 is 0 Å². The van der Waals surface area contributed by atoms with Crippen LogP contribution >= 0.6 is 15.9 Å². The Bertz CT molecular complexity index is 471. The first-order valence-corrected chi connectivity index (χ1v) is 4.75. The fraction of sp³-hybridized carbons (Fsp3) is 0.100. The van der Waals surface area contributed by atoms with Crippen molar-refractivity contribution in [3.05, 3.63) is 35.1 Å². The zero-order chi connectivity index (χ0) is 9.42. The summed E-state index contributed by atoms with van der Waals surface area (Å²) in [4.78, 5) is 4.30. The fourth-order valence-corrected chi connectivity index (χ4v) is 1.98. The Hall–Kier alpha value is -1.09. The molecule has 0 saturated heterocycles. The molecule has 0 aliphatic heterocycles. The molecular weight excluding hydrogens is 228 g/mol. The molecule has 0 aliphatic rings. The van der Waals surface area contributed by atoms with Crippen molar-refractivity contribution in [1.29, 1.82) is 0 Å². The molecule has 66 valence electrons. The fourth-order valence-electron chi connectivity index (χ4n) is 1.45. The minimum atomic E-state index is 0.976. The van der Waals surface area contributed by atoms with E-state index in [1.54, 1.807) is 6.20 Å². The number of nitrogens with zero attached hydrogens (tertiary/aromatic N) is 2. The lowest BCUT2D eigenvalue weighted by molar-refractivity contribution is 0.947. The number of halogens is 1. The van der Waals surface area contributed by atoms with Crippen LogP contribution in [0.3, 0.4) is 0 Å². The van der Waals surface area contributed by atoms with Gasteiger partial charge < -0.3 is 4.57 Å². The van der Waals surface area contributed by atoms with Crippen LogP contribution in [0.15, 0.2) is 29.5 Å². The smallest absolute Gasteiger partial charge is 0.141 e. The van der Waals surface area contributed by atoms with Crippen molar-refractivity contribution < 1.29 is 0 Å². The van der Waals surface area contributed by atoms with Crippen molar-refractivity contribution in [1.82, 2.24) is 9.55 Å². The van der Waals surface area contributed by atoms with Gasteiger partial charge in [-0.15, -0.1) is 0 Å². The maximum Gasteiger partial charge on any atom is 0.141 e. The van der Waals surface area contributed by atoms with Gasteiger partial charge in [0.2, 0.25) is 0 Å². The SMILES string of the molecule is C=Cc1cn(C)c2nccc(Br)c12. The summed E-state index contributed by atoms with van der Waals surface area (Å²) < 4.78 is 3.06. The zero-order valence-corrected chi connectivity index (χ0v) is 8.87. The van der Waals surface area contributed by atoms with Crippen LogP contribution in [0.5, 0.6) is 0 Å². The van der Waals surface area contributed by atoms with Gasteiger partial charge in [0.1, 0.15) is 5.65 Å². The Labute approximate surface area is 85.0 Å². The monoisotopic (exact) mass is 236 g/mol. The van der Waals surface area contributed by atoms with Crippen LogP contribution < -0.4 is 0 Å². The van der Waals surface area contributed by atoms with Gasteiger partial charge in [-0.2, -0.15) is 0 Å². The first-order chi connectivity index (χ1) is 6.24. The molecule has 0 saturated carbocycles. The molecular formula is C10H9BrN2. The van der Waals surface area contributed by atoms with Crippen LogP contribution in [-0.4, -0.2) is 9.55 Å². The molecule has 0 fully saturated rings. The Morgan fingerprint density at radius 1 is 1.62 bits per heavy atom. The van der Waals surface area contributed by atoms with Gasteiger partial charge >= 0.3 is 0 Å². The summed E-state index contributed by atoms with van der Waals surface area (Å²) in [6.45, 7) is 3.77. The highest BCUT2D eigenvalue weighted by molar-refractivity contribution is 9.10. The third kappa shape index (κ3) is 1.20. The largest absolute Gasteiger partial charge is 0.335 e. The summed E-state index contributed by atoms with van der Waals surface area (Å²) in [7, 11) is 1.98. The lowest BCUT2D eigenvalue weighted by atomic mass is 10.2. The minimum absolute atomic E-state index is 0.976. The third-order valence-electron chi connectivity index (χ3n) is 2.06. The van der Waals surface area contributed by atoms with Crippen molar-refractivity contribution in [3.63, 3.8) is 0 Å². The summed E-state index contributed by atoms with van der Waals surface area (Å²) in [5.74, 6) is 0. The van der Waals surface area contributed by atoms with E-state index < -0.39 is 0 Å². The van der Waals surface area contributed by atoms with Gasteiger partial charge in [0.25, 0.3) is 0 Å². The van der Waals surface area contributed by atoms with Crippen LogP contribution in [0.4, 0.5) is 0 Å². The zero-order valence-electron chi connectivity index (χ0n) is 7.29. The van der Waals surface area contributed by atoms with E-state index in [1.807, 2.05) is 30.0 Å². The molecule has 2 aromatic heterocycles. The molecule has 0 unspecified atom stereocenters. The van der Waals surface area contributed by atoms with Crippen molar-refractivity contribution in [2.24, 2.45) is 7.05 Å². The van der Waals surface area contributed by atoms with Crippen molar-refractivity contribution in [2.45, 2.75) is 0 Å². The standard InChI is InChI=1S/C10H9BrN2/c1-3-7-6-13(2)10-9(7)8(11)4-5-12-10/h3-6H,1H2,2H3. The number of fused-ring (bicyclic) bond motifs is 1. The lowest BCUT2D eigenvalue weighted by Crippen LogP contribution is -1.86. The maximum absolute atomic E-state index is 4.30. The van der Waals surface area contributed by atoms with Gasteiger partial charge in [-0.25, -0.2) is 4.98 Å². The topological polar surface area (TPSA) is 17.8 Å². The minimum Gasteiger partial charge on any atom is -0.335 e. The van der Waals surface area contributed by atoms with Crippen LogP contribution in [0.1, 0.15) is 5.56 Å². The quantitative estimate of drug-likeness (QED) is 0.745. The second-order valence-electron chi connectivity index (χ2n) is 2.89. The van der Waals surface area contributed by atoms with Crippen LogP contribution in [0.2, 0.25) is 0 Å². The molecule has 3 heteroatoms. The average Bonchev–Trinajstić information content (AvgIpc) is 2.45. The molecule has 0 N–H and O–H groups in total. The molecule has 2 aromatic rings. The van der Waals surface area contributed by atoms with E-state index in [9.17, 15) is 0 Å². The Kier molecular flexibility index (Phi) is 1.96. The third-order valence-corrected chi connectivity index (χ3v) is 2.72. The van der Waals surface area contributed by atoms with E-state index in [0.29, 0.717) is 0 Å². The highest BCUT2D eigenvalue weighted by Crippen LogP contribution is 2.27. The summed E-state index contributed by atoms with van der Waals surface area (Å²) in [6, 6.07) is 1.94. The maximum atomic E-state index is 4.30. The number of hydrogen-bond acceptors (Lipinski definition) is 1. The van der Waals surface area contributed by atoms with Crippen LogP contribution in [0.25, 0.3) is 17.1 Å². The Morgan fingerprint density at radius 2 is 2.38 bits per heavy atom. The highest BCUT2D eigenvalue weighted by atomic mass is 79.9. The number of rotatable bonds is 1. The highest BCUT2D eigenvalue weighted by Gasteiger charge is 2.07. The number of aryl methyl sites for hydroxylation is 1. The van der Waals surface area contributed by atoms with Gasteiger partial charge in [-0.1, -0.05) is 12.7 Å². The summed E-state index contributed by atoms with van der Waals surface area (Å²) >= 11 is 3.50. The molecule has 0 bridgehead atoms. The second kappa shape index (κ2) is 3.00. The van der Waals surface area contributed by atoms with Crippen molar-refractivity contribution in [3.8, 4) is 0 Å². The van der Waals surface area contributed by atoms with Gasteiger partial charge in [0, 0.05) is 34.9 Å². The molecule has 2 rings (SSSR count). The van der Waals surface area contributed by atoms with E-state index in [4.69, 9.17) is 0 Å². The van der Waals surface area contributed by atoms with Gasteiger partial charge in [0.15, 0.2) is 0 Å². The van der Waals surface area contributed by atoms with Crippen molar-refractivity contribution in [2.75, 3.05) is 0 Å². The molecule has 0 radical (unpaired) electrons. The molecule has 0 amide bonds. The predicted molar refractivity (Wildman–Crippen MR) is 58.5 cm³/mol. The first kappa shape index (κ1) is 8.51. The van der Waals surface area contributed by atoms with Crippen molar-refractivity contribution >= 4 is 33.0 Å². The Morgan fingerprint density at radius 3 is 3.08 bits per heavy atom. The van der Waals surface area contributed by atoms with Crippen LogP contribution in [-0.2, 0) is 7.05 Å². The van der Waals surface area contributed by atoms with Crippen LogP contribution in [0, 0.1) is 0 Å². The molecule has 2 nitrogen and oxygen atoms in total. The first-order valence-electron chi connectivity index (χ1n) is 3.96. The second-order valence-corrected chi connectivity index (χ2v) is 3.75. The molecule has 2 heterocycles. The summed E-state index contributed by atoms with van der Waals surface area (Å²) in [5, 5.41) is 1.12. The molecule has 0 aromatic carbocycles. The number of pyridine rings is 1. The molecule has 0 atom stereocenters. The summed E-state index contributed by atoms with van der Waals surface area (Å²) in [5.41, 5.74) is 2.08. The summed E-state index contributed by atoms with van der Waals surface area (Å²) in [6.07, 6.45) is 5.66. The normalized spacial score (nSPS) is 10.6. The average molecular weight is 237 g/mol. The van der Waals surface area contributed by atoms with E-state index in [-0.39, 0.29) is 0 Å². The molecule has 0 spiro atoms. The van der Waals surface area contributed by atoms with Gasteiger partial charge in [0.05, 0.1) is 0 Å². The molecule has 0 aliphatic carbocycles. The van der Waals surface area contributed by atoms with E-state index in [1.165, 1.54) is 0 Å². The van der Waals surface area contributed by atoms with E-state index in [0.717, 1.165) is 21.1 Å². The van der Waals surface area contributed by atoms with Gasteiger partial charge in [-0.05, 0) is 22.0 Å².